The monoisotopic (exact) mass is 476 g/mol. The molecule has 6 rings (SSSR count). The molecule has 0 unspecified atom stereocenters. The standard InChI is InChI=1S/C28H24N6O2/c35-34(36)24-13-11-22(12-14-24)31-15-17-32(18-16-31)27-26-25(21-7-3-1-4-8-21)19-33(28(26)30-20-29-27)23-9-5-2-6-10-23/h1-14,19-20H,15-18H2. The van der Waals surface area contributed by atoms with Crippen LogP contribution in [0.1, 0.15) is 0 Å². The Bertz CT molecular complexity index is 1510. The highest BCUT2D eigenvalue weighted by molar-refractivity contribution is 6.02. The summed E-state index contributed by atoms with van der Waals surface area (Å²) in [7, 11) is 0. The fourth-order valence-electron chi connectivity index (χ4n) is 4.87. The Morgan fingerprint density at radius 2 is 1.36 bits per heavy atom. The number of non-ortho nitro benzene ring substituents is 1. The number of nitrogens with zero attached hydrogens (tertiary/aromatic N) is 6. The summed E-state index contributed by atoms with van der Waals surface area (Å²) in [6.45, 7) is 3.16. The molecule has 3 aromatic carbocycles. The first-order valence-corrected chi connectivity index (χ1v) is 11.9. The first-order valence-electron chi connectivity index (χ1n) is 11.9. The van der Waals surface area contributed by atoms with Gasteiger partial charge in [-0.1, -0.05) is 48.5 Å². The number of nitro groups is 1. The van der Waals surface area contributed by atoms with E-state index in [4.69, 9.17) is 9.97 Å². The molecule has 0 bridgehead atoms. The highest BCUT2D eigenvalue weighted by Crippen LogP contribution is 2.37. The van der Waals surface area contributed by atoms with Gasteiger partial charge < -0.3 is 14.4 Å². The minimum Gasteiger partial charge on any atom is -0.368 e. The van der Waals surface area contributed by atoms with E-state index in [0.29, 0.717) is 0 Å². The largest absolute Gasteiger partial charge is 0.368 e. The third-order valence-electron chi connectivity index (χ3n) is 6.69. The molecule has 0 spiro atoms. The number of piperazine rings is 1. The van der Waals surface area contributed by atoms with Gasteiger partial charge >= 0.3 is 0 Å². The van der Waals surface area contributed by atoms with Crippen molar-refractivity contribution in [2.45, 2.75) is 0 Å². The molecule has 1 aliphatic rings. The SMILES string of the molecule is O=[N+]([O-])c1ccc(N2CCN(c3ncnc4c3c(-c3ccccc3)cn4-c3ccccc3)CC2)cc1. The number of nitro benzene ring substituents is 1. The Hall–Kier alpha value is -4.72. The lowest BCUT2D eigenvalue weighted by molar-refractivity contribution is -0.384. The van der Waals surface area contributed by atoms with E-state index in [0.717, 1.165) is 65.5 Å². The number of rotatable bonds is 5. The topological polar surface area (TPSA) is 80.3 Å². The second-order valence-corrected chi connectivity index (χ2v) is 8.76. The van der Waals surface area contributed by atoms with E-state index in [2.05, 4.69) is 44.8 Å². The van der Waals surface area contributed by atoms with Crippen molar-refractivity contribution in [3.8, 4) is 16.8 Å². The molecule has 1 fully saturated rings. The van der Waals surface area contributed by atoms with E-state index in [-0.39, 0.29) is 10.6 Å². The molecule has 8 nitrogen and oxygen atoms in total. The Labute approximate surface area is 208 Å². The summed E-state index contributed by atoms with van der Waals surface area (Å²) in [5.74, 6) is 0.928. The lowest BCUT2D eigenvalue weighted by atomic mass is 10.1. The maximum absolute atomic E-state index is 11.0. The van der Waals surface area contributed by atoms with Crippen LogP contribution >= 0.6 is 0 Å². The number of para-hydroxylation sites is 1. The summed E-state index contributed by atoms with van der Waals surface area (Å²) in [5.41, 5.74) is 5.26. The third kappa shape index (κ3) is 3.92. The van der Waals surface area contributed by atoms with E-state index in [9.17, 15) is 10.1 Å². The molecule has 1 aliphatic heterocycles. The van der Waals surface area contributed by atoms with Crippen LogP contribution in [0.5, 0.6) is 0 Å². The van der Waals surface area contributed by atoms with Gasteiger partial charge in [0.15, 0.2) is 5.65 Å². The zero-order valence-electron chi connectivity index (χ0n) is 19.6. The quantitative estimate of drug-likeness (QED) is 0.252. The van der Waals surface area contributed by atoms with Gasteiger partial charge in [0.1, 0.15) is 12.1 Å². The van der Waals surface area contributed by atoms with Crippen molar-refractivity contribution < 1.29 is 4.92 Å². The van der Waals surface area contributed by atoms with E-state index >= 15 is 0 Å². The first-order chi connectivity index (χ1) is 17.7. The first kappa shape index (κ1) is 21.8. The Morgan fingerprint density at radius 1 is 0.722 bits per heavy atom. The molecule has 8 heteroatoms. The summed E-state index contributed by atoms with van der Waals surface area (Å²) >= 11 is 0. The highest BCUT2D eigenvalue weighted by atomic mass is 16.6. The maximum atomic E-state index is 11.0. The molecule has 1 saturated heterocycles. The maximum Gasteiger partial charge on any atom is 0.269 e. The molecule has 0 atom stereocenters. The van der Waals surface area contributed by atoms with Crippen LogP contribution in [0.25, 0.3) is 27.8 Å². The molecule has 0 amide bonds. The summed E-state index contributed by atoms with van der Waals surface area (Å²) in [4.78, 5) is 24.7. The van der Waals surface area contributed by atoms with Crippen LogP contribution in [0.3, 0.4) is 0 Å². The predicted octanol–water partition coefficient (Wildman–Crippen LogP) is 5.32. The average molecular weight is 477 g/mol. The number of anilines is 2. The van der Waals surface area contributed by atoms with Crippen molar-refractivity contribution in [1.29, 1.82) is 0 Å². The smallest absolute Gasteiger partial charge is 0.269 e. The van der Waals surface area contributed by atoms with Crippen LogP contribution in [-0.2, 0) is 0 Å². The fourth-order valence-corrected chi connectivity index (χ4v) is 4.87. The average Bonchev–Trinajstić information content (AvgIpc) is 3.34. The van der Waals surface area contributed by atoms with Crippen molar-refractivity contribution in [3.63, 3.8) is 0 Å². The molecule has 36 heavy (non-hydrogen) atoms. The van der Waals surface area contributed by atoms with Crippen molar-refractivity contribution in [1.82, 2.24) is 14.5 Å². The number of hydrogen-bond acceptors (Lipinski definition) is 6. The van der Waals surface area contributed by atoms with Crippen molar-refractivity contribution in [2.75, 3.05) is 36.0 Å². The number of aromatic nitrogens is 3. The van der Waals surface area contributed by atoms with Gasteiger partial charge in [0.2, 0.25) is 0 Å². The predicted molar refractivity (Wildman–Crippen MR) is 142 cm³/mol. The molecule has 178 valence electrons. The fraction of sp³-hybridized carbons (Fsp3) is 0.143. The van der Waals surface area contributed by atoms with Crippen LogP contribution in [0.4, 0.5) is 17.2 Å². The molecule has 0 saturated carbocycles. The Kier molecular flexibility index (Phi) is 5.53. The van der Waals surface area contributed by atoms with E-state index < -0.39 is 0 Å². The summed E-state index contributed by atoms with van der Waals surface area (Å²) in [6.07, 6.45) is 3.80. The van der Waals surface area contributed by atoms with Gasteiger partial charge in [0.05, 0.1) is 10.3 Å². The van der Waals surface area contributed by atoms with E-state index in [1.165, 1.54) is 0 Å². The summed E-state index contributed by atoms with van der Waals surface area (Å²) in [6, 6.07) is 27.4. The van der Waals surface area contributed by atoms with Crippen LogP contribution in [0, 0.1) is 10.1 Å². The van der Waals surface area contributed by atoms with Crippen LogP contribution < -0.4 is 9.80 Å². The van der Waals surface area contributed by atoms with Gasteiger partial charge in [0.25, 0.3) is 5.69 Å². The van der Waals surface area contributed by atoms with Crippen molar-refractivity contribution in [3.05, 3.63) is 108 Å². The lowest BCUT2D eigenvalue weighted by Crippen LogP contribution is -2.46. The van der Waals surface area contributed by atoms with Crippen molar-refractivity contribution in [2.24, 2.45) is 0 Å². The van der Waals surface area contributed by atoms with Crippen molar-refractivity contribution >= 4 is 28.2 Å². The third-order valence-corrected chi connectivity index (χ3v) is 6.69. The molecule has 0 N–H and O–H groups in total. The lowest BCUT2D eigenvalue weighted by Gasteiger charge is -2.37. The van der Waals surface area contributed by atoms with Crippen LogP contribution in [0.15, 0.2) is 97.5 Å². The van der Waals surface area contributed by atoms with Gasteiger partial charge in [-0.3, -0.25) is 10.1 Å². The van der Waals surface area contributed by atoms with Crippen LogP contribution in [0.2, 0.25) is 0 Å². The normalized spacial score (nSPS) is 13.8. The van der Waals surface area contributed by atoms with Gasteiger partial charge in [-0.05, 0) is 29.8 Å². The van der Waals surface area contributed by atoms with E-state index in [1.807, 2.05) is 48.5 Å². The second-order valence-electron chi connectivity index (χ2n) is 8.76. The van der Waals surface area contributed by atoms with Gasteiger partial charge in [0, 0.05) is 61.4 Å². The number of hydrogen-bond donors (Lipinski definition) is 0. The Morgan fingerprint density at radius 3 is 2.03 bits per heavy atom. The molecule has 3 heterocycles. The number of benzene rings is 3. The molecule has 0 radical (unpaired) electrons. The molecular formula is C28H24N6O2. The molecular weight excluding hydrogens is 452 g/mol. The second kappa shape index (κ2) is 9.14. The van der Waals surface area contributed by atoms with Gasteiger partial charge in [-0.25, -0.2) is 9.97 Å². The zero-order chi connectivity index (χ0) is 24.5. The molecule has 5 aromatic rings. The minimum absolute atomic E-state index is 0.108. The van der Waals surface area contributed by atoms with E-state index in [1.54, 1.807) is 18.5 Å². The zero-order valence-corrected chi connectivity index (χ0v) is 19.6. The Balaban J connectivity index is 1.36. The van der Waals surface area contributed by atoms with Gasteiger partial charge in [-0.15, -0.1) is 0 Å². The summed E-state index contributed by atoms with van der Waals surface area (Å²) < 4.78 is 2.13. The minimum atomic E-state index is -0.367. The summed E-state index contributed by atoms with van der Waals surface area (Å²) in [5, 5.41) is 12.0. The molecule has 2 aromatic heterocycles. The highest BCUT2D eigenvalue weighted by Gasteiger charge is 2.24. The van der Waals surface area contributed by atoms with Gasteiger partial charge in [-0.2, -0.15) is 0 Å². The number of fused-ring (bicyclic) bond motifs is 1. The molecule has 0 aliphatic carbocycles. The van der Waals surface area contributed by atoms with Crippen LogP contribution in [-0.4, -0.2) is 45.6 Å².